The number of rotatable bonds is 8. The second kappa shape index (κ2) is 8.93. The third-order valence-electron chi connectivity index (χ3n) is 5.15. The van der Waals surface area contributed by atoms with Crippen molar-refractivity contribution in [3.8, 4) is 5.75 Å². The lowest BCUT2D eigenvalue weighted by Crippen LogP contribution is -2.24. The number of fused-ring (bicyclic) bond motifs is 3. The summed E-state index contributed by atoms with van der Waals surface area (Å²) in [4.78, 5) is 25.7. The number of carbonyl (C=O) groups is 1. The molecule has 0 aliphatic heterocycles. The molecule has 2 aromatic heterocycles. The van der Waals surface area contributed by atoms with Crippen LogP contribution in [0, 0.1) is 5.92 Å². The molecule has 2 heterocycles. The first-order valence-corrected chi connectivity index (χ1v) is 11.1. The van der Waals surface area contributed by atoms with Crippen LogP contribution in [0.1, 0.15) is 30.6 Å². The maximum Gasteiger partial charge on any atom is 0.262 e. The fraction of sp³-hybridized carbons (Fsp3) is 0.304. The molecule has 0 N–H and O–H groups in total. The van der Waals surface area contributed by atoms with Gasteiger partial charge in [-0.15, -0.1) is 10.2 Å². The highest BCUT2D eigenvalue weighted by atomic mass is 32.2. The first-order valence-electron chi connectivity index (χ1n) is 10.2. The van der Waals surface area contributed by atoms with Gasteiger partial charge in [-0.2, -0.15) is 0 Å². The van der Waals surface area contributed by atoms with Crippen LogP contribution in [0.4, 0.5) is 0 Å². The number of methoxy groups -OCH3 is 1. The van der Waals surface area contributed by atoms with Crippen LogP contribution < -0.4 is 10.3 Å². The van der Waals surface area contributed by atoms with Gasteiger partial charge in [-0.05, 0) is 48.7 Å². The van der Waals surface area contributed by atoms with Crippen LogP contribution in [0.15, 0.2) is 58.5 Å². The number of aromatic nitrogens is 4. The summed E-state index contributed by atoms with van der Waals surface area (Å²) in [5, 5.41) is 9.82. The Morgan fingerprint density at radius 3 is 2.55 bits per heavy atom. The monoisotopic (exact) mass is 436 g/mol. The molecule has 0 aliphatic carbocycles. The minimum absolute atomic E-state index is 0.0122. The van der Waals surface area contributed by atoms with Gasteiger partial charge in [-0.25, -0.2) is 0 Å². The van der Waals surface area contributed by atoms with Gasteiger partial charge in [0, 0.05) is 12.1 Å². The van der Waals surface area contributed by atoms with Crippen LogP contribution in [-0.2, 0) is 6.54 Å². The molecule has 0 atom stereocenters. The van der Waals surface area contributed by atoms with Crippen molar-refractivity contribution in [3.05, 3.63) is 64.4 Å². The number of benzene rings is 2. The first-order chi connectivity index (χ1) is 15.0. The largest absolute Gasteiger partial charge is 0.497 e. The van der Waals surface area contributed by atoms with Gasteiger partial charge >= 0.3 is 0 Å². The summed E-state index contributed by atoms with van der Waals surface area (Å²) in [7, 11) is 1.59. The second-order valence-electron chi connectivity index (χ2n) is 7.71. The third kappa shape index (κ3) is 4.20. The van der Waals surface area contributed by atoms with Gasteiger partial charge in [-0.3, -0.25) is 18.6 Å². The maximum absolute atomic E-state index is 13.1. The number of hydrogen-bond acceptors (Lipinski definition) is 6. The topological polar surface area (TPSA) is 78.5 Å². The van der Waals surface area contributed by atoms with Crippen molar-refractivity contribution >= 4 is 34.2 Å². The second-order valence-corrected chi connectivity index (χ2v) is 8.66. The predicted octanol–water partition coefficient (Wildman–Crippen LogP) is 4.07. The number of thioether (sulfide) groups is 1. The Hall–Kier alpha value is -3.13. The number of ketones is 1. The maximum atomic E-state index is 13.1. The van der Waals surface area contributed by atoms with E-state index in [4.69, 9.17) is 4.74 Å². The summed E-state index contributed by atoms with van der Waals surface area (Å²) in [5.41, 5.74) is 1.29. The Balaban J connectivity index is 1.70. The molecule has 0 unspecified atom stereocenters. The Bertz CT molecular complexity index is 1290. The molecule has 0 spiro atoms. The SMILES string of the molecule is COc1ccc(C(=O)CSc2nnc3n(CCC(C)C)c(=O)c4ccccc4n23)cc1. The van der Waals surface area contributed by atoms with Crippen LogP contribution in [0.5, 0.6) is 5.75 Å². The van der Waals surface area contributed by atoms with Gasteiger partial charge in [-0.1, -0.05) is 37.7 Å². The number of para-hydroxylation sites is 1. The van der Waals surface area contributed by atoms with Crippen LogP contribution in [-0.4, -0.2) is 37.8 Å². The van der Waals surface area contributed by atoms with Crippen LogP contribution >= 0.6 is 11.8 Å². The number of nitrogens with zero attached hydrogens (tertiary/aromatic N) is 4. The Morgan fingerprint density at radius 2 is 1.84 bits per heavy atom. The van der Waals surface area contributed by atoms with E-state index in [1.165, 1.54) is 11.8 Å². The molecule has 31 heavy (non-hydrogen) atoms. The minimum Gasteiger partial charge on any atom is -0.497 e. The molecule has 160 valence electrons. The lowest BCUT2D eigenvalue weighted by Gasteiger charge is -2.12. The van der Waals surface area contributed by atoms with Crippen LogP contribution in [0.25, 0.3) is 16.7 Å². The molecule has 8 heteroatoms. The Labute approximate surface area is 184 Å². The Morgan fingerprint density at radius 1 is 1.10 bits per heavy atom. The molecular weight excluding hydrogens is 412 g/mol. The highest BCUT2D eigenvalue weighted by Gasteiger charge is 2.18. The summed E-state index contributed by atoms with van der Waals surface area (Å²) < 4.78 is 8.71. The molecule has 0 radical (unpaired) electrons. The standard InChI is InChI=1S/C23H24N4O3S/c1-15(2)12-13-26-21(29)18-6-4-5-7-19(18)27-22(26)24-25-23(27)31-14-20(28)16-8-10-17(30-3)11-9-16/h4-11,15H,12-14H2,1-3H3. The highest BCUT2D eigenvalue weighted by Crippen LogP contribution is 2.23. The average molecular weight is 437 g/mol. The summed E-state index contributed by atoms with van der Waals surface area (Å²) in [5.74, 6) is 1.87. The van der Waals surface area contributed by atoms with E-state index in [0.29, 0.717) is 40.1 Å². The predicted molar refractivity (Wildman–Crippen MR) is 122 cm³/mol. The lowest BCUT2D eigenvalue weighted by atomic mass is 10.1. The van der Waals surface area contributed by atoms with Gasteiger partial charge in [0.25, 0.3) is 5.56 Å². The first kappa shape index (κ1) is 21.1. The van der Waals surface area contributed by atoms with E-state index >= 15 is 0 Å². The van der Waals surface area contributed by atoms with Crippen LogP contribution in [0.2, 0.25) is 0 Å². The molecule has 0 bridgehead atoms. The molecule has 0 saturated heterocycles. The highest BCUT2D eigenvalue weighted by molar-refractivity contribution is 7.99. The molecule has 0 saturated carbocycles. The lowest BCUT2D eigenvalue weighted by molar-refractivity contribution is 0.102. The van der Waals surface area contributed by atoms with Gasteiger partial charge in [0.2, 0.25) is 5.78 Å². The summed E-state index contributed by atoms with van der Waals surface area (Å²) in [6.07, 6.45) is 0.860. The van der Waals surface area contributed by atoms with E-state index in [9.17, 15) is 9.59 Å². The zero-order valence-corrected chi connectivity index (χ0v) is 18.6. The molecule has 0 amide bonds. The quantitative estimate of drug-likeness (QED) is 0.306. The van der Waals surface area contributed by atoms with Gasteiger partial charge < -0.3 is 4.74 Å². The third-order valence-corrected chi connectivity index (χ3v) is 6.08. The molecule has 4 aromatic rings. The van der Waals surface area contributed by atoms with Crippen molar-refractivity contribution in [3.63, 3.8) is 0 Å². The number of hydrogen-bond donors (Lipinski definition) is 0. The van der Waals surface area contributed by atoms with Crippen molar-refractivity contribution in [2.24, 2.45) is 5.92 Å². The number of carbonyl (C=O) groups excluding carboxylic acids is 1. The minimum atomic E-state index is -0.0676. The normalized spacial score (nSPS) is 11.5. The van der Waals surface area contributed by atoms with Crippen molar-refractivity contribution < 1.29 is 9.53 Å². The summed E-state index contributed by atoms with van der Waals surface area (Å²) >= 11 is 1.32. The van der Waals surface area contributed by atoms with Gasteiger partial charge in [0.05, 0.1) is 23.8 Å². The summed E-state index contributed by atoms with van der Waals surface area (Å²) in [6.45, 7) is 4.82. The number of Topliss-reactive ketones (excluding diaryl/α,β-unsaturated/α-hetero) is 1. The average Bonchev–Trinajstić information content (AvgIpc) is 3.21. The molecule has 2 aromatic carbocycles. The molecule has 0 aliphatic rings. The van der Waals surface area contributed by atoms with Gasteiger partial charge in [0.1, 0.15) is 5.75 Å². The van der Waals surface area contributed by atoms with E-state index in [2.05, 4.69) is 24.0 Å². The zero-order valence-electron chi connectivity index (χ0n) is 17.7. The fourth-order valence-electron chi connectivity index (χ4n) is 3.41. The van der Waals surface area contributed by atoms with Crippen molar-refractivity contribution in [2.45, 2.75) is 32.0 Å². The number of aryl methyl sites for hydroxylation is 1. The van der Waals surface area contributed by atoms with Crippen molar-refractivity contribution in [2.75, 3.05) is 12.9 Å². The smallest absolute Gasteiger partial charge is 0.262 e. The molecule has 7 nitrogen and oxygen atoms in total. The van der Waals surface area contributed by atoms with Crippen molar-refractivity contribution in [1.82, 2.24) is 19.2 Å². The molecule has 4 rings (SSSR count). The molecular formula is C23H24N4O3S. The fourth-order valence-corrected chi connectivity index (χ4v) is 4.24. The van der Waals surface area contributed by atoms with Crippen molar-refractivity contribution in [1.29, 1.82) is 0 Å². The van der Waals surface area contributed by atoms with E-state index in [0.717, 1.165) is 11.9 Å². The van der Waals surface area contributed by atoms with E-state index < -0.39 is 0 Å². The van der Waals surface area contributed by atoms with Crippen LogP contribution in [0.3, 0.4) is 0 Å². The zero-order chi connectivity index (χ0) is 22.0. The van der Waals surface area contributed by atoms with Gasteiger partial charge in [0.15, 0.2) is 10.9 Å². The molecule has 0 fully saturated rings. The van der Waals surface area contributed by atoms with E-state index in [-0.39, 0.29) is 17.1 Å². The van der Waals surface area contributed by atoms with E-state index in [1.54, 1.807) is 35.9 Å². The van der Waals surface area contributed by atoms with E-state index in [1.807, 2.05) is 28.7 Å². The Kier molecular flexibility index (Phi) is 6.08. The summed E-state index contributed by atoms with van der Waals surface area (Å²) in [6, 6.07) is 14.5. The number of ether oxygens (including phenoxy) is 1.